The Morgan fingerprint density at radius 2 is 2.15 bits per heavy atom. The minimum absolute atomic E-state index is 0.970. The molecule has 3 heteroatoms. The van der Waals surface area contributed by atoms with Crippen LogP contribution in [0, 0.1) is 0 Å². The normalized spacial score (nSPS) is 16.6. The molecule has 2 aromatic rings. The van der Waals surface area contributed by atoms with Gasteiger partial charge in [0.15, 0.2) is 0 Å². The molecular formula is C17H22N2S. The minimum atomic E-state index is 0.970. The van der Waals surface area contributed by atoms with Crippen LogP contribution in [-0.4, -0.2) is 25.0 Å². The molecule has 0 bridgehead atoms. The number of fused-ring (bicyclic) bond motifs is 1. The van der Waals surface area contributed by atoms with Crippen molar-refractivity contribution >= 4 is 21.4 Å². The first-order chi connectivity index (χ1) is 9.78. The van der Waals surface area contributed by atoms with Gasteiger partial charge in [0, 0.05) is 35.8 Å². The van der Waals surface area contributed by atoms with Crippen LogP contribution in [0.3, 0.4) is 0 Å². The van der Waals surface area contributed by atoms with Gasteiger partial charge < -0.3 is 5.32 Å². The highest BCUT2D eigenvalue weighted by Gasteiger charge is 2.16. The van der Waals surface area contributed by atoms with Crippen LogP contribution in [0.2, 0.25) is 0 Å². The Labute approximate surface area is 125 Å². The van der Waals surface area contributed by atoms with Gasteiger partial charge in [-0.15, -0.1) is 11.3 Å². The zero-order valence-corrected chi connectivity index (χ0v) is 13.1. The van der Waals surface area contributed by atoms with Gasteiger partial charge in [-0.2, -0.15) is 0 Å². The average molecular weight is 286 g/mol. The topological polar surface area (TPSA) is 15.3 Å². The third-order valence-corrected chi connectivity index (χ3v) is 5.23. The number of benzene rings is 1. The summed E-state index contributed by atoms with van der Waals surface area (Å²) in [6, 6.07) is 8.80. The van der Waals surface area contributed by atoms with Crippen LogP contribution in [0.25, 0.3) is 10.1 Å². The first kappa shape index (κ1) is 13.8. The van der Waals surface area contributed by atoms with E-state index in [2.05, 4.69) is 47.5 Å². The maximum Gasteiger partial charge on any atom is 0.0349 e. The number of nitrogens with one attached hydrogen (secondary N) is 1. The number of nitrogens with zero attached hydrogens (tertiary/aromatic N) is 1. The van der Waals surface area contributed by atoms with Crippen molar-refractivity contribution in [3.8, 4) is 0 Å². The van der Waals surface area contributed by atoms with E-state index in [4.69, 9.17) is 0 Å². The van der Waals surface area contributed by atoms with Crippen molar-refractivity contribution in [3.63, 3.8) is 0 Å². The molecular weight excluding hydrogens is 264 g/mol. The Hall–Kier alpha value is -1.16. The fraction of sp³-hybridized carbons (Fsp3) is 0.412. The summed E-state index contributed by atoms with van der Waals surface area (Å²) >= 11 is 1.93. The van der Waals surface area contributed by atoms with Crippen molar-refractivity contribution in [2.24, 2.45) is 0 Å². The maximum atomic E-state index is 3.31. The minimum Gasteiger partial charge on any atom is -0.315 e. The Bertz CT molecular complexity index is 627. The summed E-state index contributed by atoms with van der Waals surface area (Å²) in [4.78, 5) is 4.04. The summed E-state index contributed by atoms with van der Waals surface area (Å²) in [5.74, 6) is 0. The second kappa shape index (κ2) is 6.08. The molecule has 1 aromatic heterocycles. The van der Waals surface area contributed by atoms with Gasteiger partial charge in [0.25, 0.3) is 0 Å². The van der Waals surface area contributed by atoms with E-state index in [0.717, 1.165) is 19.6 Å². The number of thiophene rings is 1. The zero-order chi connectivity index (χ0) is 13.9. The Morgan fingerprint density at radius 3 is 2.90 bits per heavy atom. The van der Waals surface area contributed by atoms with Crippen LogP contribution in [0.5, 0.6) is 0 Å². The molecule has 0 amide bonds. The van der Waals surface area contributed by atoms with Gasteiger partial charge in [-0.05, 0) is 37.4 Å². The first-order valence-corrected chi connectivity index (χ1v) is 8.11. The fourth-order valence-corrected chi connectivity index (χ4v) is 4.03. The number of rotatable bonds is 4. The highest BCUT2D eigenvalue weighted by Crippen LogP contribution is 2.32. The van der Waals surface area contributed by atoms with Crippen LogP contribution in [0.1, 0.15) is 23.8 Å². The molecule has 0 unspecified atom stereocenters. The molecule has 1 aliphatic heterocycles. The Morgan fingerprint density at radius 1 is 1.30 bits per heavy atom. The average Bonchev–Trinajstić information content (AvgIpc) is 2.80. The molecule has 2 nitrogen and oxygen atoms in total. The van der Waals surface area contributed by atoms with Gasteiger partial charge in [-0.3, -0.25) is 4.90 Å². The Balaban J connectivity index is 1.90. The summed E-state index contributed by atoms with van der Waals surface area (Å²) in [6.07, 6.45) is 3.58. The van der Waals surface area contributed by atoms with Crippen LogP contribution in [0.4, 0.5) is 0 Å². The second-order valence-corrected chi connectivity index (χ2v) is 6.70. The third-order valence-electron chi connectivity index (χ3n) is 4.02. The maximum absolute atomic E-state index is 3.31. The molecule has 0 aliphatic carbocycles. The molecule has 1 N–H and O–H groups in total. The molecule has 0 fully saturated rings. The van der Waals surface area contributed by atoms with Crippen molar-refractivity contribution in [2.45, 2.75) is 26.4 Å². The molecule has 2 heterocycles. The van der Waals surface area contributed by atoms with Gasteiger partial charge in [0.2, 0.25) is 0 Å². The fourth-order valence-electron chi connectivity index (χ4n) is 2.81. The van der Waals surface area contributed by atoms with E-state index < -0.39 is 0 Å². The summed E-state index contributed by atoms with van der Waals surface area (Å²) in [7, 11) is 2.03. The molecule has 0 saturated heterocycles. The number of hydrogen-bond donors (Lipinski definition) is 1. The van der Waals surface area contributed by atoms with Crippen molar-refractivity contribution in [1.29, 1.82) is 0 Å². The summed E-state index contributed by atoms with van der Waals surface area (Å²) in [5.41, 5.74) is 3.06. The van der Waals surface area contributed by atoms with E-state index in [1.807, 2.05) is 18.4 Å². The SMILES string of the molecule is CNCc1sc2ccccc2c1CN1CC=C(C)CC1. The molecule has 0 spiro atoms. The van der Waals surface area contributed by atoms with Crippen molar-refractivity contribution in [3.05, 3.63) is 46.4 Å². The van der Waals surface area contributed by atoms with Crippen LogP contribution < -0.4 is 5.32 Å². The van der Waals surface area contributed by atoms with Crippen molar-refractivity contribution in [1.82, 2.24) is 10.2 Å². The van der Waals surface area contributed by atoms with E-state index in [1.54, 1.807) is 0 Å². The Kier molecular flexibility index (Phi) is 4.20. The predicted molar refractivity (Wildman–Crippen MR) is 88.2 cm³/mol. The molecule has 3 rings (SSSR count). The van der Waals surface area contributed by atoms with Gasteiger partial charge >= 0.3 is 0 Å². The predicted octanol–water partition coefficient (Wildman–Crippen LogP) is 3.77. The third kappa shape index (κ3) is 2.80. The van der Waals surface area contributed by atoms with Gasteiger partial charge in [0.05, 0.1) is 0 Å². The summed E-state index contributed by atoms with van der Waals surface area (Å²) in [5, 5.41) is 4.75. The molecule has 20 heavy (non-hydrogen) atoms. The van der Waals surface area contributed by atoms with E-state index >= 15 is 0 Å². The summed E-state index contributed by atoms with van der Waals surface area (Å²) < 4.78 is 1.41. The van der Waals surface area contributed by atoms with Crippen LogP contribution in [-0.2, 0) is 13.1 Å². The molecule has 1 aliphatic rings. The lowest BCUT2D eigenvalue weighted by Gasteiger charge is -2.25. The van der Waals surface area contributed by atoms with Gasteiger partial charge in [-0.1, -0.05) is 29.8 Å². The molecule has 0 radical (unpaired) electrons. The molecule has 0 atom stereocenters. The monoisotopic (exact) mass is 286 g/mol. The quantitative estimate of drug-likeness (QED) is 0.861. The highest BCUT2D eigenvalue weighted by molar-refractivity contribution is 7.19. The standard InChI is InChI=1S/C17H22N2S/c1-13-7-9-19(10-8-13)12-15-14-5-3-4-6-16(14)20-17(15)11-18-2/h3-7,18H,8-12H2,1-2H3. The lowest BCUT2D eigenvalue weighted by Crippen LogP contribution is -2.28. The summed E-state index contributed by atoms with van der Waals surface area (Å²) in [6.45, 7) is 6.56. The van der Waals surface area contributed by atoms with Crippen molar-refractivity contribution in [2.75, 3.05) is 20.1 Å². The highest BCUT2D eigenvalue weighted by atomic mass is 32.1. The van der Waals surface area contributed by atoms with E-state index in [-0.39, 0.29) is 0 Å². The molecule has 0 saturated carbocycles. The van der Waals surface area contributed by atoms with Crippen LogP contribution >= 0.6 is 11.3 Å². The van der Waals surface area contributed by atoms with Gasteiger partial charge in [0.1, 0.15) is 0 Å². The van der Waals surface area contributed by atoms with Crippen molar-refractivity contribution < 1.29 is 0 Å². The molecule has 106 valence electrons. The second-order valence-electron chi connectivity index (χ2n) is 5.57. The van der Waals surface area contributed by atoms with E-state index in [9.17, 15) is 0 Å². The van der Waals surface area contributed by atoms with Gasteiger partial charge in [-0.25, -0.2) is 0 Å². The molecule has 1 aromatic carbocycles. The van der Waals surface area contributed by atoms with E-state index in [0.29, 0.717) is 0 Å². The van der Waals surface area contributed by atoms with E-state index in [1.165, 1.54) is 39.1 Å². The smallest absolute Gasteiger partial charge is 0.0349 e. The van der Waals surface area contributed by atoms with Crippen LogP contribution in [0.15, 0.2) is 35.9 Å². The number of hydrogen-bond acceptors (Lipinski definition) is 3. The lowest BCUT2D eigenvalue weighted by molar-refractivity contribution is 0.286. The largest absolute Gasteiger partial charge is 0.315 e. The lowest BCUT2D eigenvalue weighted by atomic mass is 10.1. The first-order valence-electron chi connectivity index (χ1n) is 7.30. The zero-order valence-electron chi connectivity index (χ0n) is 12.3.